The lowest BCUT2D eigenvalue weighted by atomic mass is 9.93. The van der Waals surface area contributed by atoms with E-state index in [1.54, 1.807) is 24.3 Å². The number of benzene rings is 1. The van der Waals surface area contributed by atoms with Crippen LogP contribution in [-0.2, 0) is 15.1 Å². The molecule has 4 nitrogen and oxygen atoms in total. The molecule has 0 aromatic heterocycles. The minimum Gasteiger partial charge on any atom is -0.465 e. The van der Waals surface area contributed by atoms with Crippen LogP contribution in [0.25, 0.3) is 0 Å². The molecule has 1 aromatic rings. The maximum atomic E-state index is 11.4. The number of hydrogen-bond donors (Lipinski definition) is 1. The fourth-order valence-corrected chi connectivity index (χ4v) is 1.84. The third-order valence-electron chi connectivity index (χ3n) is 3.15. The summed E-state index contributed by atoms with van der Waals surface area (Å²) in [6.07, 6.45) is 3.01. The first-order valence-electron chi connectivity index (χ1n) is 6.97. The van der Waals surface area contributed by atoms with Crippen molar-refractivity contribution in [3.05, 3.63) is 48.0 Å². The molecule has 0 saturated heterocycles. The first kappa shape index (κ1) is 17.7. The zero-order valence-electron chi connectivity index (χ0n) is 12.9. The molecule has 1 atom stereocenters. The van der Waals surface area contributed by atoms with E-state index in [0.29, 0.717) is 30.4 Å². The number of carbonyl (C=O) groups is 2. The molecule has 0 saturated carbocycles. The Morgan fingerprint density at radius 3 is 2.50 bits per heavy atom. The Morgan fingerprint density at radius 2 is 2.00 bits per heavy atom. The number of esters is 1. The molecule has 1 rings (SSSR count). The average molecular weight is 300 g/mol. The Hall–Kier alpha value is -2.38. The van der Waals surface area contributed by atoms with E-state index in [1.807, 2.05) is 0 Å². The van der Waals surface area contributed by atoms with Crippen molar-refractivity contribution in [2.75, 3.05) is 7.11 Å². The van der Waals surface area contributed by atoms with E-state index in [0.717, 1.165) is 0 Å². The zero-order chi connectivity index (χ0) is 16.6. The summed E-state index contributed by atoms with van der Waals surface area (Å²) in [5.74, 6) is 5.31. The predicted molar refractivity (Wildman–Crippen MR) is 84.2 cm³/mol. The maximum absolute atomic E-state index is 11.4. The van der Waals surface area contributed by atoms with Crippen LogP contribution in [0.4, 0.5) is 0 Å². The molecular weight excluding hydrogens is 280 g/mol. The van der Waals surface area contributed by atoms with Crippen LogP contribution < -0.4 is 0 Å². The normalized spacial score (nSPS) is 12.5. The fourth-order valence-electron chi connectivity index (χ4n) is 1.84. The van der Waals surface area contributed by atoms with Gasteiger partial charge in [0.1, 0.15) is 5.78 Å². The van der Waals surface area contributed by atoms with Crippen LogP contribution >= 0.6 is 0 Å². The Labute approximate surface area is 130 Å². The van der Waals surface area contributed by atoms with Gasteiger partial charge in [-0.1, -0.05) is 30.6 Å². The number of methoxy groups -OCH3 is 1. The number of hydrogen-bond acceptors (Lipinski definition) is 4. The molecule has 0 amide bonds. The highest BCUT2D eigenvalue weighted by Crippen LogP contribution is 2.22. The average Bonchev–Trinajstić information content (AvgIpc) is 2.53. The third kappa shape index (κ3) is 4.87. The summed E-state index contributed by atoms with van der Waals surface area (Å²) in [7, 11) is 1.31. The van der Waals surface area contributed by atoms with Crippen molar-refractivity contribution < 1.29 is 19.4 Å². The molecule has 0 heterocycles. The second kappa shape index (κ2) is 8.16. The molecule has 0 aliphatic rings. The molecule has 0 spiro atoms. The number of rotatable bonds is 6. The quantitative estimate of drug-likeness (QED) is 0.380. The molecular formula is C18H20O4. The lowest BCUT2D eigenvalue weighted by Gasteiger charge is -2.18. The molecule has 1 unspecified atom stereocenters. The lowest BCUT2D eigenvalue weighted by molar-refractivity contribution is -0.117. The number of ether oxygens (including phenoxy) is 1. The van der Waals surface area contributed by atoms with Gasteiger partial charge in [-0.2, -0.15) is 0 Å². The van der Waals surface area contributed by atoms with Crippen molar-refractivity contribution >= 4 is 11.8 Å². The second-order valence-corrected chi connectivity index (χ2v) is 4.90. The SMILES string of the molecule is C=CC(O)(C#CCCCC(C)=O)c1ccc(C(=O)OC)cc1. The fraction of sp³-hybridized carbons (Fsp3) is 0.333. The van der Waals surface area contributed by atoms with Crippen LogP contribution in [0.1, 0.15) is 42.1 Å². The molecule has 0 fully saturated rings. The Kier molecular flexibility index (Phi) is 6.55. The summed E-state index contributed by atoms with van der Waals surface area (Å²) in [5.41, 5.74) is -0.563. The van der Waals surface area contributed by atoms with Crippen molar-refractivity contribution in [2.45, 2.75) is 31.8 Å². The van der Waals surface area contributed by atoms with Gasteiger partial charge in [0.15, 0.2) is 5.60 Å². The molecule has 0 aliphatic carbocycles. The van der Waals surface area contributed by atoms with E-state index in [2.05, 4.69) is 23.2 Å². The van der Waals surface area contributed by atoms with Crippen LogP contribution in [0.15, 0.2) is 36.9 Å². The molecule has 1 aromatic carbocycles. The monoisotopic (exact) mass is 300 g/mol. The van der Waals surface area contributed by atoms with Crippen LogP contribution in [-0.4, -0.2) is 24.0 Å². The summed E-state index contributed by atoms with van der Waals surface area (Å²) in [6, 6.07) is 6.34. The molecule has 22 heavy (non-hydrogen) atoms. The molecule has 4 heteroatoms. The summed E-state index contributed by atoms with van der Waals surface area (Å²) in [4.78, 5) is 22.2. The minimum absolute atomic E-state index is 0.124. The third-order valence-corrected chi connectivity index (χ3v) is 3.15. The number of aliphatic hydroxyl groups is 1. The van der Waals surface area contributed by atoms with Gasteiger partial charge in [-0.15, -0.1) is 0 Å². The number of Topliss-reactive ketones (excluding diaryl/α,β-unsaturated/α-hetero) is 1. The smallest absolute Gasteiger partial charge is 0.337 e. The zero-order valence-corrected chi connectivity index (χ0v) is 12.9. The van der Waals surface area contributed by atoms with E-state index in [9.17, 15) is 14.7 Å². The molecule has 0 bridgehead atoms. The number of ketones is 1. The Morgan fingerprint density at radius 1 is 1.36 bits per heavy atom. The van der Waals surface area contributed by atoms with Gasteiger partial charge < -0.3 is 14.6 Å². The first-order valence-corrected chi connectivity index (χ1v) is 6.97. The van der Waals surface area contributed by atoms with Gasteiger partial charge in [-0.05, 0) is 37.1 Å². The Bertz CT molecular complexity index is 604. The Balaban J connectivity index is 2.85. The van der Waals surface area contributed by atoms with E-state index >= 15 is 0 Å². The molecule has 0 aliphatic heterocycles. The van der Waals surface area contributed by atoms with Crippen LogP contribution in [0.2, 0.25) is 0 Å². The number of carbonyl (C=O) groups excluding carboxylic acids is 2. The van der Waals surface area contributed by atoms with Crippen LogP contribution in [0.5, 0.6) is 0 Å². The highest BCUT2D eigenvalue weighted by Gasteiger charge is 2.22. The van der Waals surface area contributed by atoms with E-state index < -0.39 is 11.6 Å². The van der Waals surface area contributed by atoms with Crippen molar-refractivity contribution in [2.24, 2.45) is 0 Å². The standard InChI is InChI=1S/C18H20O4/c1-4-18(21,13-7-5-6-8-14(2)19)16-11-9-15(10-12-16)17(20)22-3/h4,9-12,21H,1,5-6,8H2,2-3H3. The van der Waals surface area contributed by atoms with Gasteiger partial charge in [-0.25, -0.2) is 4.79 Å². The minimum atomic E-state index is -1.48. The summed E-state index contributed by atoms with van der Waals surface area (Å²) in [6.45, 7) is 5.15. The molecule has 1 N–H and O–H groups in total. The van der Waals surface area contributed by atoms with Crippen molar-refractivity contribution in [1.82, 2.24) is 0 Å². The summed E-state index contributed by atoms with van der Waals surface area (Å²) < 4.78 is 4.62. The highest BCUT2D eigenvalue weighted by molar-refractivity contribution is 5.89. The molecule has 0 radical (unpaired) electrons. The van der Waals surface area contributed by atoms with Crippen molar-refractivity contribution in [3.63, 3.8) is 0 Å². The van der Waals surface area contributed by atoms with Gasteiger partial charge in [0.05, 0.1) is 12.7 Å². The second-order valence-electron chi connectivity index (χ2n) is 4.90. The maximum Gasteiger partial charge on any atom is 0.337 e. The first-order chi connectivity index (χ1) is 10.4. The summed E-state index contributed by atoms with van der Waals surface area (Å²) >= 11 is 0. The van der Waals surface area contributed by atoms with Crippen LogP contribution in [0.3, 0.4) is 0 Å². The number of unbranched alkanes of at least 4 members (excludes halogenated alkanes) is 1. The van der Waals surface area contributed by atoms with Gasteiger partial charge in [0.2, 0.25) is 0 Å². The van der Waals surface area contributed by atoms with Gasteiger partial charge in [-0.3, -0.25) is 0 Å². The van der Waals surface area contributed by atoms with E-state index in [-0.39, 0.29) is 5.78 Å². The van der Waals surface area contributed by atoms with Crippen molar-refractivity contribution in [3.8, 4) is 11.8 Å². The predicted octanol–water partition coefficient (Wildman–Crippen LogP) is 2.61. The highest BCUT2D eigenvalue weighted by atomic mass is 16.5. The van der Waals surface area contributed by atoms with Crippen LogP contribution in [0, 0.1) is 11.8 Å². The van der Waals surface area contributed by atoms with E-state index in [1.165, 1.54) is 20.1 Å². The van der Waals surface area contributed by atoms with Gasteiger partial charge >= 0.3 is 5.97 Å². The summed E-state index contributed by atoms with van der Waals surface area (Å²) in [5, 5.41) is 10.5. The topological polar surface area (TPSA) is 63.6 Å². The van der Waals surface area contributed by atoms with E-state index in [4.69, 9.17) is 0 Å². The molecule has 116 valence electrons. The lowest BCUT2D eigenvalue weighted by Crippen LogP contribution is -2.20. The van der Waals surface area contributed by atoms with Gasteiger partial charge in [0, 0.05) is 12.8 Å². The largest absolute Gasteiger partial charge is 0.465 e. The van der Waals surface area contributed by atoms with Crippen molar-refractivity contribution in [1.29, 1.82) is 0 Å². The van der Waals surface area contributed by atoms with Gasteiger partial charge in [0.25, 0.3) is 0 Å².